The minimum absolute atomic E-state index is 0. The van der Waals surface area contributed by atoms with Crippen LogP contribution in [0.15, 0.2) is 84.8 Å². The molecule has 1 saturated carbocycles. The quantitative estimate of drug-likeness (QED) is 0.0492. The van der Waals surface area contributed by atoms with Gasteiger partial charge in [0.2, 0.25) is 0 Å². The van der Waals surface area contributed by atoms with E-state index in [0.717, 1.165) is 55.3 Å². The molecule has 321 valence electrons. The summed E-state index contributed by atoms with van der Waals surface area (Å²) in [7, 11) is -2.14. The second-order valence-electron chi connectivity index (χ2n) is 18.2. The summed E-state index contributed by atoms with van der Waals surface area (Å²) >= 11 is 2.09. The molecule has 6 heteroatoms. The van der Waals surface area contributed by atoms with Gasteiger partial charge in [0.15, 0.2) is 5.78 Å². The van der Waals surface area contributed by atoms with Crippen LogP contribution >= 0.6 is 11.3 Å². The predicted octanol–water partition coefficient (Wildman–Crippen LogP) is 14.9. The number of aliphatic hydroxyl groups is 1. The fourth-order valence-corrected chi connectivity index (χ4v) is 19.6. The molecule has 0 amide bonds. The third kappa shape index (κ3) is 11.1. The Bertz CT molecular complexity index is 2120. The molecule has 0 aliphatic heterocycles. The number of carbonyl (C=O) groups excluding carboxylic acids is 1. The topological polar surface area (TPSA) is 50.2 Å². The standard InChI is InChI=1S/C40H48NSSi.C13H24O2.Ir/c1-7-29(8-2)36-26-31(25-30-17-15-16-22-35(30)36)37-38-34(23-24-41-37)28(3)39(42-38)43(27-40(4,5)6,32-18-11-9-12-19-32)33-20-13-10-14-21-33;1-5-10(6-2)12(14)9-13(15)11(7-3)8-4;/h9,11-12,15-19,22-24,26,29,33H,7-8,10,13-14,20-21,27H2,1-6H3;9-11,14H,5-8H2,1-4H3;/q-1;;/b;12-9-;. The van der Waals surface area contributed by atoms with Gasteiger partial charge in [0.05, 0.1) is 5.76 Å². The first-order chi connectivity index (χ1) is 27.9. The van der Waals surface area contributed by atoms with Crippen LogP contribution in [-0.4, -0.2) is 23.9 Å². The van der Waals surface area contributed by atoms with Crippen molar-refractivity contribution < 1.29 is 30.0 Å². The van der Waals surface area contributed by atoms with Crippen LogP contribution in [0.2, 0.25) is 11.6 Å². The molecule has 3 nitrogen and oxygen atoms in total. The number of pyridine rings is 1. The Morgan fingerprint density at radius 2 is 1.46 bits per heavy atom. The first kappa shape index (κ1) is 48.8. The number of aromatic nitrogens is 1. The molecule has 1 fully saturated rings. The largest absolute Gasteiger partial charge is 0.512 e. The molecule has 2 heterocycles. The van der Waals surface area contributed by atoms with E-state index in [4.69, 9.17) is 4.98 Å². The molecule has 0 bridgehead atoms. The van der Waals surface area contributed by atoms with Crippen molar-refractivity contribution in [3.63, 3.8) is 0 Å². The SMILES string of the molecule is CCC(CC)C(=O)/C=C(\O)C(CC)CC.CCC(CC)c1cc(-c2nccc3c(C)c([Si](CC(C)(C)C)(c4ccccc4)C4CCCCC4)sc23)[c-]c2ccccc12.[Ir]. The third-order valence-electron chi connectivity index (χ3n) is 13.2. The normalized spacial score (nSPS) is 15.0. The van der Waals surface area contributed by atoms with Gasteiger partial charge in [-0.25, -0.2) is 0 Å². The molecule has 2 aromatic heterocycles. The van der Waals surface area contributed by atoms with Crippen molar-refractivity contribution >= 4 is 55.7 Å². The van der Waals surface area contributed by atoms with Crippen LogP contribution in [-0.2, 0) is 24.9 Å². The van der Waals surface area contributed by atoms with Gasteiger partial charge in [-0.1, -0.05) is 172 Å². The molecule has 1 atom stereocenters. The van der Waals surface area contributed by atoms with Crippen LogP contribution in [0.1, 0.15) is 150 Å². The van der Waals surface area contributed by atoms with Gasteiger partial charge in [-0.3, -0.25) is 9.78 Å². The zero-order valence-electron chi connectivity index (χ0n) is 37.8. The molecule has 0 spiro atoms. The minimum Gasteiger partial charge on any atom is -0.512 e. The number of benzene rings is 3. The van der Waals surface area contributed by atoms with E-state index >= 15 is 0 Å². The number of carbonyl (C=O) groups is 1. The Balaban J connectivity index is 0.000000411. The van der Waals surface area contributed by atoms with Gasteiger partial charge >= 0.3 is 0 Å². The van der Waals surface area contributed by atoms with Gasteiger partial charge in [-0.05, 0) is 77.0 Å². The van der Waals surface area contributed by atoms with Gasteiger partial charge in [0.25, 0.3) is 0 Å². The first-order valence-corrected chi connectivity index (χ1v) is 25.8. The van der Waals surface area contributed by atoms with Crippen LogP contribution < -0.4 is 9.69 Å². The van der Waals surface area contributed by atoms with Gasteiger partial charge in [-0.2, -0.15) is 11.3 Å². The molecule has 6 rings (SSSR count). The number of rotatable bonds is 15. The molecule has 1 N–H and O–H groups in total. The van der Waals surface area contributed by atoms with Crippen molar-refractivity contribution in [1.29, 1.82) is 0 Å². The average molecular weight is 1010 g/mol. The van der Waals surface area contributed by atoms with Crippen LogP contribution in [0.5, 0.6) is 0 Å². The molecule has 1 radical (unpaired) electrons. The predicted molar refractivity (Wildman–Crippen MR) is 256 cm³/mol. The van der Waals surface area contributed by atoms with Crippen LogP contribution in [0.25, 0.3) is 32.1 Å². The summed E-state index contributed by atoms with van der Waals surface area (Å²) < 4.78 is 3.06. The van der Waals surface area contributed by atoms with E-state index in [0.29, 0.717) is 5.92 Å². The Kier molecular flexibility index (Phi) is 18.4. The van der Waals surface area contributed by atoms with Crippen LogP contribution in [0.3, 0.4) is 0 Å². The molecular formula is C53H72IrNO2SSi-. The molecule has 59 heavy (non-hydrogen) atoms. The van der Waals surface area contributed by atoms with E-state index < -0.39 is 8.07 Å². The average Bonchev–Trinajstić information content (AvgIpc) is 3.58. The summed E-state index contributed by atoms with van der Waals surface area (Å²) in [5, 5.41) is 15.3. The Labute approximate surface area is 376 Å². The smallest absolute Gasteiger partial charge is 0.162 e. The maximum atomic E-state index is 11.7. The molecule has 3 aromatic carbocycles. The summed E-state index contributed by atoms with van der Waals surface area (Å²) in [5.74, 6) is 1.08. The van der Waals surface area contributed by atoms with Gasteiger partial charge in [0, 0.05) is 54.6 Å². The van der Waals surface area contributed by atoms with E-state index in [1.807, 2.05) is 27.7 Å². The van der Waals surface area contributed by atoms with Crippen molar-refractivity contribution in [2.75, 3.05) is 0 Å². The monoisotopic (exact) mass is 1010 g/mol. The van der Waals surface area contributed by atoms with Crippen molar-refractivity contribution in [3.05, 3.63) is 102 Å². The van der Waals surface area contributed by atoms with E-state index in [9.17, 15) is 9.90 Å². The molecular weight excluding hydrogens is 935 g/mol. The fraction of sp³-hybridized carbons (Fsp3) is 0.509. The van der Waals surface area contributed by atoms with E-state index in [2.05, 4.69) is 132 Å². The van der Waals surface area contributed by atoms with Gasteiger partial charge in [-0.15, -0.1) is 29.1 Å². The number of allylic oxidation sites excluding steroid dienone is 2. The maximum Gasteiger partial charge on any atom is 0.162 e. The number of nitrogens with zero attached hydrogens (tertiary/aromatic N) is 1. The summed E-state index contributed by atoms with van der Waals surface area (Å²) in [6.07, 6.45) is 16.1. The van der Waals surface area contributed by atoms with Crippen molar-refractivity contribution in [2.24, 2.45) is 17.3 Å². The maximum absolute atomic E-state index is 11.7. The second kappa shape index (κ2) is 22.3. The van der Waals surface area contributed by atoms with Crippen molar-refractivity contribution in [1.82, 2.24) is 4.98 Å². The number of hydrogen-bond acceptors (Lipinski definition) is 4. The van der Waals surface area contributed by atoms with E-state index in [-0.39, 0.29) is 48.9 Å². The Morgan fingerprint density at radius 3 is 2.05 bits per heavy atom. The molecule has 0 saturated heterocycles. The number of ketones is 1. The second-order valence-corrected chi connectivity index (χ2v) is 23.8. The molecule has 1 unspecified atom stereocenters. The molecule has 1 aliphatic carbocycles. The van der Waals surface area contributed by atoms with Crippen molar-refractivity contribution in [2.45, 2.75) is 157 Å². The zero-order chi connectivity index (χ0) is 42.0. The zero-order valence-corrected chi connectivity index (χ0v) is 42.1. The number of aliphatic hydroxyl groups excluding tert-OH is 1. The Hall–Kier alpha value is -2.89. The number of fused-ring (bicyclic) bond motifs is 2. The molecule has 5 aromatic rings. The fourth-order valence-electron chi connectivity index (χ4n) is 10.0. The minimum atomic E-state index is -2.14. The summed E-state index contributed by atoms with van der Waals surface area (Å²) in [6.45, 7) is 22.6. The van der Waals surface area contributed by atoms with E-state index in [1.165, 1.54) is 76.2 Å². The number of thiophene rings is 1. The number of hydrogen-bond donors (Lipinski definition) is 1. The van der Waals surface area contributed by atoms with Gasteiger partial charge in [0.1, 0.15) is 8.07 Å². The van der Waals surface area contributed by atoms with Crippen LogP contribution in [0.4, 0.5) is 0 Å². The first-order valence-electron chi connectivity index (χ1n) is 22.7. The summed E-state index contributed by atoms with van der Waals surface area (Å²) in [4.78, 5) is 16.8. The molecule has 1 aliphatic rings. The summed E-state index contributed by atoms with van der Waals surface area (Å²) in [5.41, 5.74) is 6.25. The van der Waals surface area contributed by atoms with Gasteiger partial charge < -0.3 is 5.11 Å². The van der Waals surface area contributed by atoms with Crippen LogP contribution in [0, 0.1) is 30.2 Å². The Morgan fingerprint density at radius 1 is 0.847 bits per heavy atom. The van der Waals surface area contributed by atoms with E-state index in [1.54, 1.807) is 9.69 Å². The third-order valence-corrected chi connectivity index (χ3v) is 21.9. The summed E-state index contributed by atoms with van der Waals surface area (Å²) in [6, 6.07) is 30.4. The van der Waals surface area contributed by atoms with Crippen molar-refractivity contribution in [3.8, 4) is 11.3 Å². The number of aryl methyl sites for hydroxylation is 1.